The van der Waals surface area contributed by atoms with Crippen molar-refractivity contribution in [2.75, 3.05) is 45.8 Å². The highest BCUT2D eigenvalue weighted by Gasteiger charge is 2.30. The minimum absolute atomic E-state index is 0.0750. The van der Waals surface area contributed by atoms with E-state index >= 15 is 0 Å². The zero-order valence-electron chi connectivity index (χ0n) is 29.3. The summed E-state index contributed by atoms with van der Waals surface area (Å²) < 4.78 is 18.2. The lowest BCUT2D eigenvalue weighted by atomic mass is 9.91. The van der Waals surface area contributed by atoms with Gasteiger partial charge in [0.25, 0.3) is 0 Å². The Morgan fingerprint density at radius 1 is 0.700 bits per heavy atom. The smallest absolute Gasteiger partial charge is 0.435 e. The highest BCUT2D eigenvalue weighted by atomic mass is 16.6. The van der Waals surface area contributed by atoms with E-state index in [4.69, 9.17) is 19.3 Å². The van der Waals surface area contributed by atoms with Crippen molar-refractivity contribution < 1.29 is 28.6 Å². The quantitative estimate of drug-likeness (QED) is 0.186. The standard InChI is InChI=1S/C39H47N5O6/c1-39(2,3)50-37(46)43-24-22-41(23-25-43)19-16-29-14-15-33-34(26-29)44(38(47)49-28-31-12-8-5-9-13-31)40-35(33)32-17-20-42(21-18-32)36(45)48-27-30-10-6-4-7-11-30/h4-15,26,32H,16-25,27-28H2,1-3H3. The molecular formula is C39H47N5O6. The van der Waals surface area contributed by atoms with E-state index in [0.29, 0.717) is 39.0 Å². The number of likely N-dealkylation sites (tertiary alicyclic amines) is 1. The van der Waals surface area contributed by atoms with Gasteiger partial charge >= 0.3 is 18.3 Å². The third kappa shape index (κ3) is 9.01. The van der Waals surface area contributed by atoms with Crippen molar-refractivity contribution in [3.63, 3.8) is 0 Å². The van der Waals surface area contributed by atoms with Gasteiger partial charge in [0, 0.05) is 57.1 Å². The highest BCUT2D eigenvalue weighted by Crippen LogP contribution is 2.33. The highest BCUT2D eigenvalue weighted by molar-refractivity contribution is 5.90. The van der Waals surface area contributed by atoms with E-state index in [1.54, 1.807) is 9.80 Å². The van der Waals surface area contributed by atoms with Crippen LogP contribution in [0.1, 0.15) is 61.9 Å². The molecule has 2 saturated heterocycles. The molecule has 0 unspecified atom stereocenters. The molecule has 11 heteroatoms. The molecule has 0 saturated carbocycles. The summed E-state index contributed by atoms with van der Waals surface area (Å²) in [6.07, 6.45) is 1.10. The summed E-state index contributed by atoms with van der Waals surface area (Å²) in [5.74, 6) is 0.0750. The number of hydrogen-bond acceptors (Lipinski definition) is 8. The van der Waals surface area contributed by atoms with E-state index in [2.05, 4.69) is 17.0 Å². The van der Waals surface area contributed by atoms with Crippen molar-refractivity contribution in [1.82, 2.24) is 24.5 Å². The fourth-order valence-electron chi connectivity index (χ4n) is 6.48. The average molecular weight is 682 g/mol. The number of amides is 2. The Balaban J connectivity index is 1.12. The van der Waals surface area contributed by atoms with E-state index in [9.17, 15) is 14.4 Å². The van der Waals surface area contributed by atoms with E-state index in [1.165, 1.54) is 4.68 Å². The molecule has 264 valence electrons. The molecule has 1 aromatic heterocycles. The van der Waals surface area contributed by atoms with Crippen LogP contribution in [0.25, 0.3) is 10.9 Å². The molecule has 2 fully saturated rings. The first-order valence-electron chi connectivity index (χ1n) is 17.5. The van der Waals surface area contributed by atoms with Crippen LogP contribution in [-0.4, -0.2) is 94.2 Å². The van der Waals surface area contributed by atoms with Crippen molar-refractivity contribution in [2.45, 2.75) is 64.8 Å². The Bertz CT molecular complexity index is 1750. The number of hydrogen-bond donors (Lipinski definition) is 0. The molecule has 2 aliphatic heterocycles. The molecule has 0 bridgehead atoms. The van der Waals surface area contributed by atoms with E-state index < -0.39 is 11.7 Å². The van der Waals surface area contributed by atoms with Crippen molar-refractivity contribution in [3.05, 3.63) is 101 Å². The predicted molar refractivity (Wildman–Crippen MR) is 190 cm³/mol. The number of benzene rings is 3. The number of nitrogens with zero attached hydrogens (tertiary/aromatic N) is 5. The molecule has 2 aliphatic rings. The maximum Gasteiger partial charge on any atom is 0.435 e. The number of rotatable bonds is 8. The lowest BCUT2D eigenvalue weighted by Crippen LogP contribution is -2.50. The Hall–Kier alpha value is -4.90. The van der Waals surface area contributed by atoms with E-state index in [-0.39, 0.29) is 31.3 Å². The molecule has 3 aromatic carbocycles. The van der Waals surface area contributed by atoms with Gasteiger partial charge in [0.15, 0.2) is 0 Å². The van der Waals surface area contributed by atoms with Crippen LogP contribution in [0, 0.1) is 0 Å². The normalized spacial score (nSPS) is 16.0. The molecule has 0 N–H and O–H groups in total. The monoisotopic (exact) mass is 681 g/mol. The van der Waals surface area contributed by atoms with Gasteiger partial charge in [0.1, 0.15) is 18.8 Å². The zero-order valence-corrected chi connectivity index (χ0v) is 29.3. The van der Waals surface area contributed by atoms with Crippen molar-refractivity contribution in [2.24, 2.45) is 0 Å². The number of carbonyl (C=O) groups excluding carboxylic acids is 3. The minimum Gasteiger partial charge on any atom is -0.445 e. The molecule has 0 spiro atoms. The molecule has 3 heterocycles. The maximum absolute atomic E-state index is 13.5. The van der Waals surface area contributed by atoms with Crippen LogP contribution >= 0.6 is 0 Å². The van der Waals surface area contributed by atoms with Crippen LogP contribution in [0.15, 0.2) is 78.9 Å². The third-order valence-electron chi connectivity index (χ3n) is 9.24. The lowest BCUT2D eigenvalue weighted by molar-refractivity contribution is 0.0146. The Labute approximate surface area is 293 Å². The number of piperazine rings is 1. The van der Waals surface area contributed by atoms with Crippen LogP contribution in [0.5, 0.6) is 0 Å². The van der Waals surface area contributed by atoms with Crippen LogP contribution in [0.3, 0.4) is 0 Å². The van der Waals surface area contributed by atoms with Gasteiger partial charge in [0.2, 0.25) is 0 Å². The van der Waals surface area contributed by atoms with E-state index in [1.807, 2.05) is 87.5 Å². The largest absolute Gasteiger partial charge is 0.445 e. The van der Waals surface area contributed by atoms with Crippen LogP contribution in [0.2, 0.25) is 0 Å². The topological polar surface area (TPSA) is 106 Å². The second-order valence-corrected chi connectivity index (χ2v) is 14.0. The van der Waals surface area contributed by atoms with Crippen molar-refractivity contribution >= 4 is 29.2 Å². The first kappa shape index (κ1) is 34.9. The van der Waals surface area contributed by atoms with Gasteiger partial charge in [0.05, 0.1) is 11.2 Å². The molecule has 0 aliphatic carbocycles. The molecule has 2 amide bonds. The Kier molecular flexibility index (Phi) is 11.0. The Morgan fingerprint density at radius 3 is 1.88 bits per heavy atom. The van der Waals surface area contributed by atoms with Crippen molar-refractivity contribution in [1.29, 1.82) is 0 Å². The van der Waals surface area contributed by atoms with Gasteiger partial charge in [-0.2, -0.15) is 9.78 Å². The summed E-state index contributed by atoms with van der Waals surface area (Å²) in [7, 11) is 0. The number of piperidine rings is 1. The van der Waals surface area contributed by atoms with Gasteiger partial charge in [-0.05, 0) is 62.8 Å². The molecule has 0 radical (unpaired) electrons. The summed E-state index contributed by atoms with van der Waals surface area (Å²) in [5, 5.41) is 5.78. The number of carbonyl (C=O) groups is 3. The van der Waals surface area contributed by atoms with Gasteiger partial charge in [-0.3, -0.25) is 4.90 Å². The summed E-state index contributed by atoms with van der Waals surface area (Å²) >= 11 is 0. The fourth-order valence-corrected chi connectivity index (χ4v) is 6.48. The van der Waals surface area contributed by atoms with Crippen molar-refractivity contribution in [3.8, 4) is 0 Å². The summed E-state index contributed by atoms with van der Waals surface area (Å²) in [6, 6.07) is 25.5. The molecule has 50 heavy (non-hydrogen) atoms. The average Bonchev–Trinajstić information content (AvgIpc) is 3.51. The van der Waals surface area contributed by atoms with E-state index in [0.717, 1.165) is 59.3 Å². The minimum atomic E-state index is -0.526. The SMILES string of the molecule is CC(C)(C)OC(=O)N1CCN(CCc2ccc3c(C4CCN(C(=O)OCc5ccccc5)CC4)nn(C(=O)OCc4ccccc4)c3c2)CC1. The summed E-state index contributed by atoms with van der Waals surface area (Å²) in [6.45, 7) is 10.7. The van der Waals surface area contributed by atoms with Gasteiger partial charge in [-0.25, -0.2) is 14.4 Å². The second-order valence-electron chi connectivity index (χ2n) is 14.0. The van der Waals surface area contributed by atoms with Gasteiger partial charge in [-0.15, -0.1) is 0 Å². The molecule has 0 atom stereocenters. The number of aromatic nitrogens is 2. The second kappa shape index (κ2) is 15.8. The number of ether oxygens (including phenoxy) is 3. The zero-order chi connectivity index (χ0) is 35.1. The summed E-state index contributed by atoms with van der Waals surface area (Å²) in [4.78, 5) is 44.7. The van der Waals surface area contributed by atoms with Crippen LogP contribution in [-0.2, 0) is 33.8 Å². The third-order valence-corrected chi connectivity index (χ3v) is 9.24. The summed E-state index contributed by atoms with van der Waals surface area (Å²) in [5.41, 5.74) is 3.99. The fraction of sp³-hybridized carbons (Fsp3) is 0.436. The predicted octanol–water partition coefficient (Wildman–Crippen LogP) is 6.83. The number of fused-ring (bicyclic) bond motifs is 1. The van der Waals surface area contributed by atoms with Gasteiger partial charge < -0.3 is 24.0 Å². The molecule has 6 rings (SSSR count). The van der Waals surface area contributed by atoms with Crippen LogP contribution < -0.4 is 0 Å². The Morgan fingerprint density at radius 2 is 1.28 bits per heavy atom. The van der Waals surface area contributed by atoms with Crippen LogP contribution in [0.4, 0.5) is 14.4 Å². The van der Waals surface area contributed by atoms with Gasteiger partial charge in [-0.1, -0.05) is 72.8 Å². The molecule has 4 aromatic rings. The lowest BCUT2D eigenvalue weighted by Gasteiger charge is -2.35. The first-order chi connectivity index (χ1) is 24.1. The first-order valence-corrected chi connectivity index (χ1v) is 17.5. The molecule has 11 nitrogen and oxygen atoms in total. The molecular weight excluding hydrogens is 634 g/mol. The maximum atomic E-state index is 13.5.